The van der Waals surface area contributed by atoms with Gasteiger partial charge in [-0.2, -0.15) is 0 Å². The molecule has 0 fully saturated rings. The van der Waals surface area contributed by atoms with Gasteiger partial charge >= 0.3 is 0 Å². The van der Waals surface area contributed by atoms with Crippen molar-refractivity contribution in [3.8, 4) is 17.6 Å². The van der Waals surface area contributed by atoms with Crippen molar-refractivity contribution in [1.82, 2.24) is 0 Å². The molecule has 84 valence electrons. The highest BCUT2D eigenvalue weighted by atomic mass is 16.5. The minimum atomic E-state index is 0.690. The molecule has 0 bridgehead atoms. The number of rotatable bonds is 1. The van der Waals surface area contributed by atoms with Crippen LogP contribution in [-0.4, -0.2) is 7.11 Å². The normalized spacial score (nSPS) is 9.24. The molecule has 2 aromatic carbocycles. The monoisotopic (exact) mass is 223 g/mol. The maximum absolute atomic E-state index is 5.82. The fourth-order valence-electron chi connectivity index (χ4n) is 1.49. The van der Waals surface area contributed by atoms with E-state index in [1.807, 2.05) is 48.5 Å². The molecule has 0 aliphatic heterocycles. The van der Waals surface area contributed by atoms with Crippen molar-refractivity contribution in [3.05, 3.63) is 59.7 Å². The molecule has 2 rings (SSSR count). The third kappa shape index (κ3) is 2.59. The summed E-state index contributed by atoms with van der Waals surface area (Å²) in [5.41, 5.74) is 8.20. The van der Waals surface area contributed by atoms with Crippen LogP contribution in [0.4, 0.5) is 5.69 Å². The molecule has 0 aliphatic carbocycles. The van der Waals surface area contributed by atoms with Gasteiger partial charge in [0.2, 0.25) is 0 Å². The first-order valence-electron chi connectivity index (χ1n) is 5.31. The molecule has 0 heterocycles. The van der Waals surface area contributed by atoms with Crippen LogP contribution in [0.15, 0.2) is 48.5 Å². The smallest absolute Gasteiger partial charge is 0.134 e. The minimum Gasteiger partial charge on any atom is -0.495 e. The fourth-order valence-corrected chi connectivity index (χ4v) is 1.49. The SMILES string of the molecule is COc1ccccc1C#Cc1ccccc1N. The molecule has 2 aromatic rings. The van der Waals surface area contributed by atoms with E-state index in [1.165, 1.54) is 0 Å². The molecule has 2 N–H and O–H groups in total. The van der Waals surface area contributed by atoms with Crippen molar-refractivity contribution in [2.45, 2.75) is 0 Å². The molecule has 2 nitrogen and oxygen atoms in total. The number of anilines is 1. The van der Waals surface area contributed by atoms with Crippen LogP contribution in [0.5, 0.6) is 5.75 Å². The predicted octanol–water partition coefficient (Wildman–Crippen LogP) is 2.68. The average Bonchev–Trinajstić information content (AvgIpc) is 2.38. The van der Waals surface area contributed by atoms with E-state index in [0.29, 0.717) is 5.69 Å². The Kier molecular flexibility index (Phi) is 3.32. The van der Waals surface area contributed by atoms with Crippen molar-refractivity contribution >= 4 is 5.69 Å². The summed E-state index contributed by atoms with van der Waals surface area (Å²) in [7, 11) is 1.64. The molecular weight excluding hydrogens is 210 g/mol. The van der Waals surface area contributed by atoms with Crippen molar-refractivity contribution in [2.75, 3.05) is 12.8 Å². The number of nitrogens with two attached hydrogens (primary N) is 1. The molecule has 2 heteroatoms. The fraction of sp³-hybridized carbons (Fsp3) is 0.0667. The summed E-state index contributed by atoms with van der Waals surface area (Å²) in [6.45, 7) is 0. The zero-order chi connectivity index (χ0) is 12.1. The summed E-state index contributed by atoms with van der Waals surface area (Å²) in [5.74, 6) is 6.89. The molecule has 0 atom stereocenters. The van der Waals surface area contributed by atoms with E-state index in [0.717, 1.165) is 16.9 Å². The number of nitrogen functional groups attached to an aromatic ring is 1. The number of methoxy groups -OCH3 is 1. The van der Waals surface area contributed by atoms with Crippen molar-refractivity contribution in [1.29, 1.82) is 0 Å². The minimum absolute atomic E-state index is 0.690. The van der Waals surface area contributed by atoms with Crippen LogP contribution in [0.25, 0.3) is 0 Å². The van der Waals surface area contributed by atoms with E-state index in [-0.39, 0.29) is 0 Å². The molecule has 0 radical (unpaired) electrons. The summed E-state index contributed by atoms with van der Waals surface area (Å²) >= 11 is 0. The molecular formula is C15H13NO. The van der Waals surface area contributed by atoms with Gasteiger partial charge in [0, 0.05) is 11.3 Å². The van der Waals surface area contributed by atoms with Gasteiger partial charge in [-0.25, -0.2) is 0 Å². The lowest BCUT2D eigenvalue weighted by Crippen LogP contribution is -1.89. The standard InChI is InChI=1S/C15H13NO/c1-17-15-9-5-3-7-13(15)11-10-12-6-2-4-8-14(12)16/h2-9H,16H2,1H3. The van der Waals surface area contributed by atoms with Gasteiger partial charge in [0.05, 0.1) is 12.7 Å². The van der Waals surface area contributed by atoms with Crippen molar-refractivity contribution in [2.24, 2.45) is 0 Å². The third-order valence-corrected chi connectivity index (χ3v) is 2.40. The van der Waals surface area contributed by atoms with E-state index >= 15 is 0 Å². The average molecular weight is 223 g/mol. The van der Waals surface area contributed by atoms with Gasteiger partial charge in [-0.15, -0.1) is 0 Å². The van der Waals surface area contributed by atoms with Crippen LogP contribution in [0.1, 0.15) is 11.1 Å². The van der Waals surface area contributed by atoms with Gasteiger partial charge in [-0.3, -0.25) is 0 Å². The number of ether oxygens (including phenoxy) is 1. The van der Waals surface area contributed by atoms with Crippen LogP contribution in [0.2, 0.25) is 0 Å². The number of hydrogen-bond acceptors (Lipinski definition) is 2. The number of hydrogen-bond donors (Lipinski definition) is 1. The van der Waals surface area contributed by atoms with E-state index in [2.05, 4.69) is 11.8 Å². The zero-order valence-corrected chi connectivity index (χ0v) is 9.60. The Balaban J connectivity index is 2.37. The first-order valence-corrected chi connectivity index (χ1v) is 5.31. The molecule has 0 aromatic heterocycles. The molecule has 17 heavy (non-hydrogen) atoms. The second-order valence-electron chi connectivity index (χ2n) is 3.54. The Morgan fingerprint density at radius 3 is 2.18 bits per heavy atom. The Morgan fingerprint density at radius 1 is 0.882 bits per heavy atom. The summed E-state index contributed by atoms with van der Waals surface area (Å²) in [5, 5.41) is 0. The highest BCUT2D eigenvalue weighted by Crippen LogP contribution is 2.16. The van der Waals surface area contributed by atoms with Gasteiger partial charge in [0.15, 0.2) is 0 Å². The van der Waals surface area contributed by atoms with Crippen LogP contribution in [0, 0.1) is 11.8 Å². The predicted molar refractivity (Wildman–Crippen MR) is 69.8 cm³/mol. The zero-order valence-electron chi connectivity index (χ0n) is 9.60. The van der Waals surface area contributed by atoms with E-state index in [1.54, 1.807) is 7.11 Å². The Hall–Kier alpha value is -2.40. The van der Waals surface area contributed by atoms with Gasteiger partial charge in [0.25, 0.3) is 0 Å². The topological polar surface area (TPSA) is 35.2 Å². The Morgan fingerprint density at radius 2 is 1.47 bits per heavy atom. The summed E-state index contributed by atoms with van der Waals surface area (Å²) < 4.78 is 5.23. The van der Waals surface area contributed by atoms with Crippen LogP contribution < -0.4 is 10.5 Å². The summed E-state index contributed by atoms with van der Waals surface area (Å²) in [4.78, 5) is 0. The summed E-state index contributed by atoms with van der Waals surface area (Å²) in [6, 6.07) is 15.2. The maximum atomic E-state index is 5.82. The largest absolute Gasteiger partial charge is 0.495 e. The van der Waals surface area contributed by atoms with E-state index in [9.17, 15) is 0 Å². The summed E-state index contributed by atoms with van der Waals surface area (Å²) in [6.07, 6.45) is 0. The van der Waals surface area contributed by atoms with Gasteiger partial charge in [-0.1, -0.05) is 36.1 Å². The lowest BCUT2D eigenvalue weighted by atomic mass is 10.1. The van der Waals surface area contributed by atoms with Gasteiger partial charge in [0.1, 0.15) is 5.75 Å². The highest BCUT2D eigenvalue weighted by molar-refractivity contribution is 5.58. The first kappa shape index (κ1) is 11.1. The number of para-hydroxylation sites is 2. The number of benzene rings is 2. The second-order valence-corrected chi connectivity index (χ2v) is 3.54. The Labute approximate surface area is 101 Å². The quantitative estimate of drug-likeness (QED) is 0.596. The molecule has 0 saturated heterocycles. The molecule has 0 spiro atoms. The maximum Gasteiger partial charge on any atom is 0.134 e. The van der Waals surface area contributed by atoms with E-state index < -0.39 is 0 Å². The lowest BCUT2D eigenvalue weighted by molar-refractivity contribution is 0.413. The van der Waals surface area contributed by atoms with E-state index in [4.69, 9.17) is 10.5 Å². The highest BCUT2D eigenvalue weighted by Gasteiger charge is 1.97. The van der Waals surface area contributed by atoms with Crippen LogP contribution >= 0.6 is 0 Å². The van der Waals surface area contributed by atoms with Crippen molar-refractivity contribution in [3.63, 3.8) is 0 Å². The van der Waals surface area contributed by atoms with Gasteiger partial charge < -0.3 is 10.5 Å². The Bertz CT molecular complexity index is 579. The second kappa shape index (κ2) is 5.09. The molecule has 0 amide bonds. The van der Waals surface area contributed by atoms with Crippen LogP contribution in [-0.2, 0) is 0 Å². The third-order valence-electron chi connectivity index (χ3n) is 2.40. The lowest BCUT2D eigenvalue weighted by Gasteiger charge is -2.01. The van der Waals surface area contributed by atoms with Crippen molar-refractivity contribution < 1.29 is 4.74 Å². The molecule has 0 unspecified atom stereocenters. The molecule has 0 saturated carbocycles. The van der Waals surface area contributed by atoms with Crippen LogP contribution in [0.3, 0.4) is 0 Å². The first-order chi connectivity index (χ1) is 8.31. The van der Waals surface area contributed by atoms with Gasteiger partial charge in [-0.05, 0) is 24.3 Å². The molecule has 0 aliphatic rings.